The van der Waals surface area contributed by atoms with Crippen molar-refractivity contribution >= 4 is 10.9 Å². The molecule has 0 bridgehead atoms. The number of aromatic nitrogens is 2. The Hall–Kier alpha value is -3.13. The average molecular weight is 347 g/mol. The minimum atomic E-state index is -0.731. The van der Waals surface area contributed by atoms with Crippen LogP contribution in [0.2, 0.25) is 0 Å². The summed E-state index contributed by atoms with van der Waals surface area (Å²) in [5.41, 5.74) is 2.52. The number of ether oxygens (including phenoxy) is 1. The lowest BCUT2D eigenvalue weighted by Crippen LogP contribution is -2.23. The van der Waals surface area contributed by atoms with Crippen LogP contribution in [0.15, 0.2) is 47.4 Å². The molecular formula is C21H21N3O2. The number of benzene rings is 1. The summed E-state index contributed by atoms with van der Waals surface area (Å²) in [6.45, 7) is 3.86. The second-order valence-corrected chi connectivity index (χ2v) is 6.61. The SMILES string of the molecule is CCc1cc2ccc(C(C)(C#N)Cc3ccc(OC)nc3)cc2[nH]c1=O. The van der Waals surface area contributed by atoms with Crippen molar-refractivity contribution in [1.82, 2.24) is 9.97 Å². The molecule has 3 aromatic rings. The maximum Gasteiger partial charge on any atom is 0.251 e. The van der Waals surface area contributed by atoms with Gasteiger partial charge in [-0.2, -0.15) is 5.26 Å². The highest BCUT2D eigenvalue weighted by atomic mass is 16.5. The fraction of sp³-hybridized carbons (Fsp3) is 0.286. The first kappa shape index (κ1) is 17.7. The number of fused-ring (bicyclic) bond motifs is 1. The predicted octanol–water partition coefficient (Wildman–Crippen LogP) is 3.52. The van der Waals surface area contributed by atoms with Gasteiger partial charge >= 0.3 is 0 Å². The number of pyridine rings is 2. The number of rotatable bonds is 5. The molecule has 26 heavy (non-hydrogen) atoms. The molecule has 0 aliphatic rings. The lowest BCUT2D eigenvalue weighted by atomic mass is 9.78. The van der Waals surface area contributed by atoms with Gasteiger partial charge in [-0.1, -0.05) is 25.1 Å². The summed E-state index contributed by atoms with van der Waals surface area (Å²) >= 11 is 0. The Morgan fingerprint density at radius 3 is 2.69 bits per heavy atom. The van der Waals surface area contributed by atoms with Gasteiger partial charge in [0.05, 0.1) is 18.6 Å². The Labute approximate surface area is 152 Å². The molecular weight excluding hydrogens is 326 g/mol. The Kier molecular flexibility index (Phi) is 4.77. The van der Waals surface area contributed by atoms with Gasteiger partial charge in [0.25, 0.3) is 5.56 Å². The number of nitriles is 1. The van der Waals surface area contributed by atoms with Crippen LogP contribution in [0.4, 0.5) is 0 Å². The van der Waals surface area contributed by atoms with Crippen LogP contribution in [0.1, 0.15) is 30.5 Å². The molecule has 132 valence electrons. The van der Waals surface area contributed by atoms with Crippen LogP contribution in [0, 0.1) is 11.3 Å². The zero-order chi connectivity index (χ0) is 18.7. The molecule has 0 aliphatic heterocycles. The molecule has 0 fully saturated rings. The van der Waals surface area contributed by atoms with E-state index in [1.54, 1.807) is 19.4 Å². The number of nitrogens with one attached hydrogen (secondary N) is 1. The molecule has 0 amide bonds. The third kappa shape index (κ3) is 3.31. The van der Waals surface area contributed by atoms with E-state index >= 15 is 0 Å². The first-order valence-corrected chi connectivity index (χ1v) is 8.55. The molecule has 2 heterocycles. The standard InChI is InChI=1S/C21H21N3O2/c1-4-15-9-16-6-7-17(10-18(16)24-20(15)25)21(2,13-22)11-14-5-8-19(26-3)23-12-14/h5-10,12H,4,11H2,1-3H3,(H,24,25). The summed E-state index contributed by atoms with van der Waals surface area (Å²) in [6.07, 6.45) is 2.93. The number of hydrogen-bond donors (Lipinski definition) is 1. The number of methoxy groups -OCH3 is 1. The highest BCUT2D eigenvalue weighted by molar-refractivity contribution is 5.80. The van der Waals surface area contributed by atoms with E-state index in [-0.39, 0.29) is 5.56 Å². The van der Waals surface area contributed by atoms with Crippen LogP contribution in [-0.4, -0.2) is 17.1 Å². The Bertz CT molecular complexity index is 1030. The van der Waals surface area contributed by atoms with Crippen LogP contribution in [-0.2, 0) is 18.3 Å². The number of hydrogen-bond acceptors (Lipinski definition) is 4. The number of aromatic amines is 1. The van der Waals surface area contributed by atoms with Crippen LogP contribution >= 0.6 is 0 Å². The molecule has 1 N–H and O–H groups in total. The summed E-state index contributed by atoms with van der Waals surface area (Å²) in [6, 6.07) is 13.9. The van der Waals surface area contributed by atoms with Crippen LogP contribution in [0.3, 0.4) is 0 Å². The number of nitrogens with zero attached hydrogens (tertiary/aromatic N) is 2. The van der Waals surface area contributed by atoms with Crippen LogP contribution in [0.25, 0.3) is 10.9 Å². The fourth-order valence-electron chi connectivity index (χ4n) is 3.10. The topological polar surface area (TPSA) is 78.8 Å². The first-order chi connectivity index (χ1) is 12.5. The number of H-pyrrole nitrogens is 1. The summed E-state index contributed by atoms with van der Waals surface area (Å²) in [7, 11) is 1.57. The Morgan fingerprint density at radius 1 is 1.27 bits per heavy atom. The normalized spacial score (nSPS) is 13.2. The largest absolute Gasteiger partial charge is 0.481 e. The van der Waals surface area contributed by atoms with E-state index < -0.39 is 5.41 Å². The molecule has 1 aromatic carbocycles. The van der Waals surface area contributed by atoms with Crippen molar-refractivity contribution in [1.29, 1.82) is 5.26 Å². The van der Waals surface area contributed by atoms with E-state index in [9.17, 15) is 10.1 Å². The lowest BCUT2D eigenvalue weighted by molar-refractivity contribution is 0.397. The summed E-state index contributed by atoms with van der Waals surface area (Å²) in [5.74, 6) is 0.544. The second-order valence-electron chi connectivity index (χ2n) is 6.61. The summed E-state index contributed by atoms with van der Waals surface area (Å²) in [4.78, 5) is 19.2. The van der Waals surface area contributed by atoms with Gasteiger partial charge in [0.2, 0.25) is 5.88 Å². The molecule has 1 atom stereocenters. The first-order valence-electron chi connectivity index (χ1n) is 8.55. The van der Waals surface area contributed by atoms with Gasteiger partial charge in [0, 0.05) is 23.3 Å². The molecule has 0 radical (unpaired) electrons. The molecule has 3 rings (SSSR count). The second kappa shape index (κ2) is 7.01. The maximum absolute atomic E-state index is 12.1. The van der Waals surface area contributed by atoms with Crippen molar-refractivity contribution in [3.05, 3.63) is 69.6 Å². The molecule has 0 spiro atoms. The molecule has 0 saturated carbocycles. The number of aryl methyl sites for hydroxylation is 1. The van der Waals surface area contributed by atoms with Gasteiger partial charge in [-0.3, -0.25) is 4.79 Å². The highest BCUT2D eigenvalue weighted by Crippen LogP contribution is 2.30. The molecule has 5 nitrogen and oxygen atoms in total. The molecule has 5 heteroatoms. The smallest absolute Gasteiger partial charge is 0.251 e. The average Bonchev–Trinajstić information content (AvgIpc) is 2.67. The predicted molar refractivity (Wildman–Crippen MR) is 101 cm³/mol. The zero-order valence-electron chi connectivity index (χ0n) is 15.2. The third-order valence-electron chi connectivity index (χ3n) is 4.75. The van der Waals surface area contributed by atoms with Crippen molar-refractivity contribution in [3.8, 4) is 11.9 Å². The van der Waals surface area contributed by atoms with E-state index in [1.165, 1.54) is 0 Å². The van der Waals surface area contributed by atoms with Gasteiger partial charge < -0.3 is 9.72 Å². The van der Waals surface area contributed by atoms with Gasteiger partial charge in [-0.15, -0.1) is 0 Å². The van der Waals surface area contributed by atoms with Gasteiger partial charge in [-0.05, 0) is 48.4 Å². The van der Waals surface area contributed by atoms with Crippen molar-refractivity contribution in [2.45, 2.75) is 32.1 Å². The van der Waals surface area contributed by atoms with Gasteiger partial charge in [0.15, 0.2) is 0 Å². The Morgan fingerprint density at radius 2 is 2.08 bits per heavy atom. The van der Waals surface area contributed by atoms with Crippen molar-refractivity contribution in [3.63, 3.8) is 0 Å². The maximum atomic E-state index is 12.1. The van der Waals surface area contributed by atoms with Crippen LogP contribution in [0.5, 0.6) is 5.88 Å². The quantitative estimate of drug-likeness (QED) is 0.766. The molecule has 2 aromatic heterocycles. The minimum absolute atomic E-state index is 0.0739. The van der Waals surface area contributed by atoms with E-state index in [0.717, 1.165) is 27.6 Å². The fourth-order valence-corrected chi connectivity index (χ4v) is 3.10. The zero-order valence-corrected chi connectivity index (χ0v) is 15.2. The van der Waals surface area contributed by atoms with Crippen molar-refractivity contribution < 1.29 is 4.74 Å². The summed E-state index contributed by atoms with van der Waals surface area (Å²) in [5, 5.41) is 10.8. The lowest BCUT2D eigenvalue weighted by Gasteiger charge is -2.22. The van der Waals surface area contributed by atoms with Gasteiger partial charge in [0.1, 0.15) is 0 Å². The van der Waals surface area contributed by atoms with E-state index in [4.69, 9.17) is 4.74 Å². The van der Waals surface area contributed by atoms with Crippen LogP contribution < -0.4 is 10.3 Å². The van der Waals surface area contributed by atoms with Crippen molar-refractivity contribution in [2.24, 2.45) is 0 Å². The highest BCUT2D eigenvalue weighted by Gasteiger charge is 2.27. The Balaban J connectivity index is 2.00. The van der Waals surface area contributed by atoms with E-state index in [1.807, 2.05) is 44.2 Å². The molecule has 0 aliphatic carbocycles. The van der Waals surface area contributed by atoms with E-state index in [0.29, 0.717) is 18.7 Å². The monoisotopic (exact) mass is 347 g/mol. The minimum Gasteiger partial charge on any atom is -0.481 e. The van der Waals surface area contributed by atoms with Gasteiger partial charge in [-0.25, -0.2) is 4.98 Å². The van der Waals surface area contributed by atoms with E-state index in [2.05, 4.69) is 16.0 Å². The van der Waals surface area contributed by atoms with Crippen molar-refractivity contribution in [2.75, 3.05) is 7.11 Å². The molecule has 1 unspecified atom stereocenters. The molecule has 0 saturated heterocycles. The third-order valence-corrected chi connectivity index (χ3v) is 4.75. The summed E-state index contributed by atoms with van der Waals surface area (Å²) < 4.78 is 5.08.